The van der Waals surface area contributed by atoms with E-state index in [4.69, 9.17) is 0 Å². The van der Waals surface area contributed by atoms with Crippen LogP contribution < -0.4 is 10.7 Å². The topological polar surface area (TPSA) is 70.6 Å². The first-order chi connectivity index (χ1) is 10.6. The number of hydrogen-bond acceptors (Lipinski definition) is 3. The molecule has 5 nitrogen and oxygen atoms in total. The van der Waals surface area contributed by atoms with Gasteiger partial charge in [-0.3, -0.25) is 9.59 Å². The molecule has 2 N–H and O–H groups in total. The van der Waals surface area contributed by atoms with Gasteiger partial charge in [0, 0.05) is 15.7 Å². The molecule has 2 amide bonds. The van der Waals surface area contributed by atoms with Crippen LogP contribution in [0.4, 0.5) is 5.69 Å². The van der Waals surface area contributed by atoms with Gasteiger partial charge in [0.1, 0.15) is 0 Å². The van der Waals surface area contributed by atoms with Gasteiger partial charge in [0.05, 0.1) is 6.21 Å². The second-order valence-electron chi connectivity index (χ2n) is 4.49. The van der Waals surface area contributed by atoms with E-state index in [1.807, 2.05) is 43.3 Å². The normalized spacial score (nSPS) is 10.5. The average molecular weight is 360 g/mol. The minimum atomic E-state index is -0.827. The highest BCUT2D eigenvalue weighted by Crippen LogP contribution is 2.13. The second kappa shape index (κ2) is 7.51. The van der Waals surface area contributed by atoms with Crippen LogP contribution in [0.1, 0.15) is 11.1 Å². The minimum Gasteiger partial charge on any atom is -0.317 e. The van der Waals surface area contributed by atoms with E-state index >= 15 is 0 Å². The number of nitrogens with one attached hydrogen (secondary N) is 2. The number of nitrogens with zero attached hydrogens (tertiary/aromatic N) is 1. The number of benzene rings is 2. The summed E-state index contributed by atoms with van der Waals surface area (Å²) < 4.78 is 0.845. The van der Waals surface area contributed by atoms with Crippen LogP contribution in [0.2, 0.25) is 0 Å². The van der Waals surface area contributed by atoms with Crippen molar-refractivity contribution < 1.29 is 9.59 Å². The Bertz CT molecular complexity index is 729. The molecule has 0 unspecified atom stereocenters. The lowest BCUT2D eigenvalue weighted by atomic mass is 10.2. The monoisotopic (exact) mass is 359 g/mol. The molecule has 6 heteroatoms. The molecular weight excluding hydrogens is 346 g/mol. The molecule has 0 heterocycles. The molecule has 2 rings (SSSR count). The molecular formula is C16H14BrN3O2. The van der Waals surface area contributed by atoms with Gasteiger partial charge in [0.2, 0.25) is 0 Å². The van der Waals surface area contributed by atoms with E-state index in [9.17, 15) is 9.59 Å². The van der Waals surface area contributed by atoms with Gasteiger partial charge in [-0.05, 0) is 24.6 Å². The van der Waals surface area contributed by atoms with Gasteiger partial charge in [-0.2, -0.15) is 5.10 Å². The number of carbonyl (C=O) groups excluding carboxylic acids is 2. The van der Waals surface area contributed by atoms with Gasteiger partial charge in [0.25, 0.3) is 0 Å². The molecule has 0 aliphatic heterocycles. The summed E-state index contributed by atoms with van der Waals surface area (Å²) in [5.41, 5.74) is 4.46. The Morgan fingerprint density at radius 2 is 1.73 bits per heavy atom. The summed E-state index contributed by atoms with van der Waals surface area (Å²) in [6, 6.07) is 14.6. The summed E-state index contributed by atoms with van der Waals surface area (Å²) in [5, 5.41) is 6.31. The first-order valence-electron chi connectivity index (χ1n) is 6.52. The molecule has 2 aromatic carbocycles. The van der Waals surface area contributed by atoms with Gasteiger partial charge in [-0.25, -0.2) is 5.43 Å². The number of rotatable bonds is 3. The third-order valence-electron chi connectivity index (χ3n) is 2.87. The van der Waals surface area contributed by atoms with Crippen molar-refractivity contribution in [3.05, 3.63) is 64.1 Å². The Kier molecular flexibility index (Phi) is 5.43. The highest BCUT2D eigenvalue weighted by Gasteiger charge is 2.13. The Hall–Kier alpha value is -2.47. The van der Waals surface area contributed by atoms with Gasteiger partial charge in [-0.15, -0.1) is 0 Å². The molecule has 112 valence electrons. The quantitative estimate of drug-likeness (QED) is 0.502. The van der Waals surface area contributed by atoms with Crippen molar-refractivity contribution in [1.82, 2.24) is 5.43 Å². The molecule has 0 aliphatic carbocycles. The molecule has 0 saturated heterocycles. The maximum absolute atomic E-state index is 11.8. The van der Waals surface area contributed by atoms with Gasteiger partial charge >= 0.3 is 11.8 Å². The van der Waals surface area contributed by atoms with E-state index < -0.39 is 11.8 Å². The largest absolute Gasteiger partial charge is 0.329 e. The fourth-order valence-electron chi connectivity index (χ4n) is 1.68. The molecule has 0 atom stereocenters. The van der Waals surface area contributed by atoms with Gasteiger partial charge < -0.3 is 5.32 Å². The van der Waals surface area contributed by atoms with Crippen LogP contribution in [-0.2, 0) is 9.59 Å². The molecule has 0 saturated carbocycles. The van der Waals surface area contributed by atoms with Crippen LogP contribution in [0.5, 0.6) is 0 Å². The van der Waals surface area contributed by atoms with E-state index in [0.717, 1.165) is 15.6 Å². The van der Waals surface area contributed by atoms with E-state index in [-0.39, 0.29) is 0 Å². The smallest absolute Gasteiger partial charge is 0.317 e. The third-order valence-corrected chi connectivity index (χ3v) is 3.60. The molecule has 0 fully saturated rings. The molecule has 0 radical (unpaired) electrons. The number of halogens is 1. The number of aryl methyl sites for hydroxylation is 1. The van der Waals surface area contributed by atoms with E-state index in [2.05, 4.69) is 31.8 Å². The van der Waals surface area contributed by atoms with E-state index in [1.54, 1.807) is 12.1 Å². The Morgan fingerprint density at radius 3 is 2.45 bits per heavy atom. The first kappa shape index (κ1) is 15.9. The predicted molar refractivity (Wildman–Crippen MR) is 89.7 cm³/mol. The van der Waals surface area contributed by atoms with Gasteiger partial charge in [-0.1, -0.05) is 52.3 Å². The van der Waals surface area contributed by atoms with Crippen molar-refractivity contribution in [2.24, 2.45) is 5.10 Å². The van der Waals surface area contributed by atoms with E-state index in [1.165, 1.54) is 6.21 Å². The van der Waals surface area contributed by atoms with Gasteiger partial charge in [0.15, 0.2) is 0 Å². The lowest BCUT2D eigenvalue weighted by molar-refractivity contribution is -0.136. The number of para-hydroxylation sites is 1. The number of carbonyl (C=O) groups is 2. The van der Waals surface area contributed by atoms with Crippen LogP contribution in [0.25, 0.3) is 0 Å². The van der Waals surface area contributed by atoms with E-state index in [0.29, 0.717) is 5.69 Å². The fraction of sp³-hybridized carbons (Fsp3) is 0.0625. The van der Waals surface area contributed by atoms with Crippen LogP contribution in [0, 0.1) is 6.92 Å². The van der Waals surface area contributed by atoms with Crippen molar-refractivity contribution in [3.63, 3.8) is 0 Å². The van der Waals surface area contributed by atoms with Crippen molar-refractivity contribution in [1.29, 1.82) is 0 Å². The fourth-order valence-corrected chi connectivity index (χ4v) is 2.07. The van der Waals surface area contributed by atoms with Crippen molar-refractivity contribution >= 4 is 39.6 Å². The zero-order valence-electron chi connectivity index (χ0n) is 11.8. The first-order valence-corrected chi connectivity index (χ1v) is 7.32. The summed E-state index contributed by atoms with van der Waals surface area (Å²) in [7, 11) is 0. The maximum atomic E-state index is 11.8. The van der Waals surface area contributed by atoms with Crippen LogP contribution >= 0.6 is 15.9 Å². The zero-order chi connectivity index (χ0) is 15.9. The van der Waals surface area contributed by atoms with Crippen LogP contribution in [0.15, 0.2) is 58.1 Å². The highest BCUT2D eigenvalue weighted by atomic mass is 79.9. The molecule has 0 aliphatic rings. The highest BCUT2D eigenvalue weighted by molar-refractivity contribution is 9.10. The second-order valence-corrected chi connectivity index (χ2v) is 5.34. The Morgan fingerprint density at radius 1 is 1.05 bits per heavy atom. The summed E-state index contributed by atoms with van der Waals surface area (Å²) in [5.74, 6) is -1.59. The number of amides is 2. The Labute approximate surface area is 136 Å². The van der Waals surface area contributed by atoms with Crippen molar-refractivity contribution in [3.8, 4) is 0 Å². The Balaban J connectivity index is 1.94. The number of anilines is 1. The molecule has 22 heavy (non-hydrogen) atoms. The molecule has 0 aromatic heterocycles. The molecule has 2 aromatic rings. The standard InChI is InChI=1S/C16H14BrN3O2/c1-11-6-2-5-9-14(11)19-15(21)16(22)20-18-10-12-7-3-4-8-13(12)17/h2-10H,1H3,(H,19,21)(H,20,22)/b18-10+. The van der Waals surface area contributed by atoms with Crippen molar-refractivity contribution in [2.75, 3.05) is 5.32 Å². The maximum Gasteiger partial charge on any atom is 0.329 e. The van der Waals surface area contributed by atoms with Crippen molar-refractivity contribution in [2.45, 2.75) is 6.92 Å². The predicted octanol–water partition coefficient (Wildman–Crippen LogP) is 2.85. The lowest BCUT2D eigenvalue weighted by Gasteiger charge is -2.06. The minimum absolute atomic E-state index is 0.595. The summed E-state index contributed by atoms with van der Waals surface area (Å²) in [6.45, 7) is 1.85. The number of hydrazone groups is 1. The van der Waals surface area contributed by atoms with Crippen LogP contribution in [-0.4, -0.2) is 18.0 Å². The summed E-state index contributed by atoms with van der Waals surface area (Å²) in [6.07, 6.45) is 1.46. The molecule has 0 bridgehead atoms. The average Bonchev–Trinajstić information content (AvgIpc) is 2.51. The summed E-state index contributed by atoms with van der Waals surface area (Å²) >= 11 is 3.36. The lowest BCUT2D eigenvalue weighted by Crippen LogP contribution is -2.32. The van der Waals surface area contributed by atoms with Crippen LogP contribution in [0.3, 0.4) is 0 Å². The molecule has 0 spiro atoms. The number of hydrogen-bond donors (Lipinski definition) is 2. The zero-order valence-corrected chi connectivity index (χ0v) is 13.4. The summed E-state index contributed by atoms with van der Waals surface area (Å²) in [4.78, 5) is 23.5. The third kappa shape index (κ3) is 4.26. The SMILES string of the molecule is Cc1ccccc1NC(=O)C(=O)N/N=C/c1ccccc1Br.